The Kier molecular flexibility index (Phi) is 6.05. The van der Waals surface area contributed by atoms with Gasteiger partial charge in [-0.3, -0.25) is 0 Å². The summed E-state index contributed by atoms with van der Waals surface area (Å²) in [4.78, 5) is 11.8. The monoisotopic (exact) mass is 424 g/mol. The van der Waals surface area contributed by atoms with Crippen molar-refractivity contribution < 1.29 is 27.8 Å². The predicted octanol–water partition coefficient (Wildman–Crippen LogP) is 6.01. The molecule has 7 heteroatoms. The van der Waals surface area contributed by atoms with E-state index in [9.17, 15) is 23.1 Å². The van der Waals surface area contributed by atoms with Gasteiger partial charge in [0.15, 0.2) is 0 Å². The van der Waals surface area contributed by atoms with Crippen LogP contribution in [0.25, 0.3) is 0 Å². The highest BCUT2D eigenvalue weighted by Crippen LogP contribution is 2.44. The van der Waals surface area contributed by atoms with Gasteiger partial charge in [-0.15, -0.1) is 0 Å². The fourth-order valence-corrected chi connectivity index (χ4v) is 3.95. The van der Waals surface area contributed by atoms with Crippen LogP contribution < -0.4 is 0 Å². The second kappa shape index (κ2) is 8.20. The molecule has 2 aromatic rings. The molecule has 0 spiro atoms. The maximum atomic E-state index is 13.3. The van der Waals surface area contributed by atoms with Crippen LogP contribution in [-0.2, 0) is 27.7 Å². The first-order valence-electron chi connectivity index (χ1n) is 9.08. The Morgan fingerprint density at radius 2 is 1.93 bits per heavy atom. The lowest BCUT2D eigenvalue weighted by Gasteiger charge is -2.38. The minimum absolute atomic E-state index is 0.0625. The minimum Gasteiger partial charge on any atom is -0.478 e. The molecule has 2 aromatic carbocycles. The number of benzene rings is 2. The smallest absolute Gasteiger partial charge is 0.417 e. The van der Waals surface area contributed by atoms with Crippen LogP contribution in [0.2, 0.25) is 5.02 Å². The molecule has 3 rings (SSSR count). The molecule has 154 valence electrons. The number of carbonyl (C=O) groups is 1. The summed E-state index contributed by atoms with van der Waals surface area (Å²) in [5.74, 6) is -1.16. The van der Waals surface area contributed by atoms with Crippen LogP contribution in [0.4, 0.5) is 13.2 Å². The normalized spacial score (nSPS) is 22.2. The van der Waals surface area contributed by atoms with Gasteiger partial charge < -0.3 is 9.84 Å². The molecule has 1 N–H and O–H groups in total. The molecule has 1 aliphatic carbocycles. The van der Waals surface area contributed by atoms with Crippen molar-refractivity contribution in [1.29, 1.82) is 0 Å². The third-order valence-corrected chi connectivity index (χ3v) is 5.61. The summed E-state index contributed by atoms with van der Waals surface area (Å²) < 4.78 is 45.9. The van der Waals surface area contributed by atoms with E-state index < -0.39 is 28.1 Å². The molecule has 1 aliphatic rings. The van der Waals surface area contributed by atoms with E-state index in [1.807, 2.05) is 30.3 Å². The molecule has 3 nitrogen and oxygen atoms in total. The van der Waals surface area contributed by atoms with Gasteiger partial charge in [-0.25, -0.2) is 4.79 Å². The summed E-state index contributed by atoms with van der Waals surface area (Å²) in [6.45, 7) is 1.97. The van der Waals surface area contributed by atoms with Gasteiger partial charge >= 0.3 is 12.1 Å². The fourth-order valence-electron chi connectivity index (χ4n) is 3.72. The first-order valence-corrected chi connectivity index (χ1v) is 9.46. The largest absolute Gasteiger partial charge is 0.478 e. The molecule has 0 heterocycles. The molecule has 0 saturated heterocycles. The molecule has 0 amide bonds. The van der Waals surface area contributed by atoms with Gasteiger partial charge in [0, 0.05) is 11.0 Å². The van der Waals surface area contributed by atoms with Crippen molar-refractivity contribution in [1.82, 2.24) is 0 Å². The van der Waals surface area contributed by atoms with Crippen molar-refractivity contribution >= 4 is 17.6 Å². The highest BCUT2D eigenvalue weighted by atomic mass is 35.5. The summed E-state index contributed by atoms with van der Waals surface area (Å²) in [6.07, 6.45) is -2.79. The maximum Gasteiger partial charge on any atom is 0.417 e. The Hall–Kier alpha value is -2.31. The minimum atomic E-state index is -4.63. The van der Waals surface area contributed by atoms with Crippen LogP contribution in [0.5, 0.6) is 0 Å². The Bertz CT molecular complexity index is 925. The standard InChI is InChI=1S/C22H20ClF3O3/c1-21(15-7-10-19(23)18(11-15)22(24,25)26)12-16(8-9-17(21)20(27)28)29-13-14-5-3-2-4-6-14/h2-7,9-11,16H,8,12-13H2,1H3,(H,27,28). The van der Waals surface area contributed by atoms with E-state index in [0.29, 0.717) is 13.0 Å². The van der Waals surface area contributed by atoms with Gasteiger partial charge in [0.05, 0.1) is 23.3 Å². The zero-order valence-corrected chi connectivity index (χ0v) is 16.4. The fraction of sp³-hybridized carbons (Fsp3) is 0.318. The van der Waals surface area contributed by atoms with E-state index in [1.165, 1.54) is 12.1 Å². The lowest BCUT2D eigenvalue weighted by Crippen LogP contribution is -2.38. The maximum absolute atomic E-state index is 13.3. The Morgan fingerprint density at radius 1 is 1.24 bits per heavy atom. The molecule has 0 fully saturated rings. The summed E-state index contributed by atoms with van der Waals surface area (Å²) in [6, 6.07) is 13.1. The Balaban J connectivity index is 1.92. The molecule has 0 bridgehead atoms. The quantitative estimate of drug-likeness (QED) is 0.639. The summed E-state index contributed by atoms with van der Waals surface area (Å²) in [7, 11) is 0. The SMILES string of the molecule is CC1(c2ccc(Cl)c(C(F)(F)F)c2)CC(OCc2ccccc2)CC=C1C(=O)O. The van der Waals surface area contributed by atoms with Crippen molar-refractivity contribution in [2.75, 3.05) is 0 Å². The van der Waals surface area contributed by atoms with Crippen LogP contribution in [0, 0.1) is 0 Å². The topological polar surface area (TPSA) is 46.5 Å². The second-order valence-electron chi connectivity index (χ2n) is 7.31. The number of carboxylic acid groups (broad SMARTS) is 1. The van der Waals surface area contributed by atoms with E-state index in [1.54, 1.807) is 13.0 Å². The number of rotatable bonds is 5. The van der Waals surface area contributed by atoms with E-state index in [2.05, 4.69) is 0 Å². The van der Waals surface area contributed by atoms with E-state index in [-0.39, 0.29) is 23.7 Å². The van der Waals surface area contributed by atoms with E-state index >= 15 is 0 Å². The van der Waals surface area contributed by atoms with Crippen LogP contribution in [0.3, 0.4) is 0 Å². The molecule has 0 aromatic heterocycles. The van der Waals surface area contributed by atoms with Crippen LogP contribution in [0.15, 0.2) is 60.2 Å². The first-order chi connectivity index (χ1) is 13.6. The van der Waals surface area contributed by atoms with Crippen molar-refractivity contribution in [3.05, 3.63) is 81.9 Å². The Morgan fingerprint density at radius 3 is 2.55 bits per heavy atom. The number of aliphatic carboxylic acids is 1. The second-order valence-corrected chi connectivity index (χ2v) is 7.71. The molecular formula is C22H20ClF3O3. The van der Waals surface area contributed by atoms with Gasteiger partial charge in [0.1, 0.15) is 0 Å². The van der Waals surface area contributed by atoms with Crippen LogP contribution >= 0.6 is 11.6 Å². The van der Waals surface area contributed by atoms with Crippen LogP contribution in [-0.4, -0.2) is 17.2 Å². The first kappa shape index (κ1) is 21.4. The summed E-state index contributed by atoms with van der Waals surface area (Å²) in [5, 5.41) is 9.24. The number of carboxylic acids is 1. The average Bonchev–Trinajstić information content (AvgIpc) is 2.66. The van der Waals surface area contributed by atoms with Gasteiger partial charge in [0.25, 0.3) is 0 Å². The van der Waals surface area contributed by atoms with Crippen molar-refractivity contribution in [2.24, 2.45) is 0 Å². The average molecular weight is 425 g/mol. The molecular weight excluding hydrogens is 405 g/mol. The highest BCUT2D eigenvalue weighted by molar-refractivity contribution is 6.31. The Labute approximate surface area is 171 Å². The molecule has 0 saturated carbocycles. The number of hydrogen-bond acceptors (Lipinski definition) is 2. The van der Waals surface area contributed by atoms with E-state index in [4.69, 9.17) is 16.3 Å². The van der Waals surface area contributed by atoms with Crippen molar-refractivity contribution in [3.8, 4) is 0 Å². The number of halogens is 4. The van der Waals surface area contributed by atoms with Gasteiger partial charge in [0.2, 0.25) is 0 Å². The van der Waals surface area contributed by atoms with Crippen molar-refractivity contribution in [2.45, 2.75) is 44.1 Å². The van der Waals surface area contributed by atoms with Crippen molar-refractivity contribution in [3.63, 3.8) is 0 Å². The third kappa shape index (κ3) is 4.65. The molecule has 2 atom stereocenters. The molecule has 0 radical (unpaired) electrons. The zero-order valence-electron chi connectivity index (χ0n) is 15.7. The predicted molar refractivity (Wildman–Crippen MR) is 104 cm³/mol. The molecule has 2 unspecified atom stereocenters. The van der Waals surface area contributed by atoms with Gasteiger partial charge in [-0.2, -0.15) is 13.2 Å². The lowest BCUT2D eigenvalue weighted by atomic mass is 9.68. The van der Waals surface area contributed by atoms with Crippen LogP contribution in [0.1, 0.15) is 36.5 Å². The number of ether oxygens (including phenoxy) is 1. The molecule has 29 heavy (non-hydrogen) atoms. The van der Waals surface area contributed by atoms with Gasteiger partial charge in [-0.05, 0) is 36.1 Å². The number of alkyl halides is 3. The van der Waals surface area contributed by atoms with E-state index in [0.717, 1.165) is 11.6 Å². The number of hydrogen-bond donors (Lipinski definition) is 1. The summed E-state index contributed by atoms with van der Waals surface area (Å²) >= 11 is 5.73. The molecule has 0 aliphatic heterocycles. The van der Waals surface area contributed by atoms with Gasteiger partial charge in [-0.1, -0.05) is 61.0 Å². The zero-order chi connectivity index (χ0) is 21.2. The third-order valence-electron chi connectivity index (χ3n) is 5.28. The lowest BCUT2D eigenvalue weighted by molar-refractivity contribution is -0.137. The highest BCUT2D eigenvalue weighted by Gasteiger charge is 2.42. The summed E-state index contributed by atoms with van der Waals surface area (Å²) in [5.41, 5.74) is -0.845.